The number of urea groups is 1. The van der Waals surface area contributed by atoms with Crippen LogP contribution in [0.15, 0.2) is 24.3 Å². The summed E-state index contributed by atoms with van der Waals surface area (Å²) in [5.74, 6) is 0.481. The molecule has 1 aromatic rings. The molecule has 2 amide bonds. The van der Waals surface area contributed by atoms with Gasteiger partial charge in [-0.3, -0.25) is 0 Å². The lowest BCUT2D eigenvalue weighted by atomic mass is 9.94. The van der Waals surface area contributed by atoms with E-state index in [0.717, 1.165) is 6.42 Å². The second-order valence-corrected chi connectivity index (χ2v) is 6.61. The van der Waals surface area contributed by atoms with Crippen molar-refractivity contribution in [3.63, 3.8) is 0 Å². The van der Waals surface area contributed by atoms with Crippen molar-refractivity contribution >= 4 is 6.03 Å². The van der Waals surface area contributed by atoms with Crippen LogP contribution in [0, 0.1) is 12.8 Å². The summed E-state index contributed by atoms with van der Waals surface area (Å²) in [7, 11) is 0. The lowest BCUT2D eigenvalue weighted by Gasteiger charge is -2.34. The number of amides is 2. The molecule has 0 unspecified atom stereocenters. The highest BCUT2D eigenvalue weighted by Crippen LogP contribution is 2.24. The lowest BCUT2D eigenvalue weighted by Crippen LogP contribution is -2.51. The number of nitrogens with zero attached hydrogens (tertiary/aromatic N) is 1. The predicted molar refractivity (Wildman–Crippen MR) is 90.3 cm³/mol. The summed E-state index contributed by atoms with van der Waals surface area (Å²) in [6.45, 7) is 7.80. The van der Waals surface area contributed by atoms with Crippen LogP contribution in [-0.4, -0.2) is 48.4 Å². The minimum absolute atomic E-state index is 0.000813. The number of carbonyl (C=O) groups is 1. The number of morpholine rings is 1. The average molecular weight is 320 g/mol. The van der Waals surface area contributed by atoms with Crippen molar-refractivity contribution in [2.45, 2.75) is 39.3 Å². The highest BCUT2D eigenvalue weighted by atomic mass is 16.5. The van der Waals surface area contributed by atoms with Gasteiger partial charge in [-0.15, -0.1) is 0 Å². The quantitative estimate of drug-likeness (QED) is 0.876. The fourth-order valence-electron chi connectivity index (χ4n) is 2.97. The van der Waals surface area contributed by atoms with Crippen molar-refractivity contribution in [3.05, 3.63) is 35.4 Å². The van der Waals surface area contributed by atoms with Crippen molar-refractivity contribution in [2.24, 2.45) is 5.92 Å². The molecule has 0 aliphatic carbocycles. The molecule has 2 N–H and O–H groups in total. The van der Waals surface area contributed by atoms with E-state index in [1.807, 2.05) is 12.1 Å². The largest absolute Gasteiger partial charge is 0.394 e. The first kappa shape index (κ1) is 17.8. The Morgan fingerprint density at radius 1 is 1.43 bits per heavy atom. The van der Waals surface area contributed by atoms with Crippen LogP contribution in [0.4, 0.5) is 4.79 Å². The molecule has 0 radical (unpaired) electrons. The van der Waals surface area contributed by atoms with E-state index in [0.29, 0.717) is 25.6 Å². The zero-order chi connectivity index (χ0) is 16.8. The molecule has 0 saturated carbocycles. The Morgan fingerprint density at radius 3 is 2.83 bits per heavy atom. The Bertz CT molecular complexity index is 519. The average Bonchev–Trinajstić information content (AvgIpc) is 2.54. The molecule has 128 valence electrons. The van der Waals surface area contributed by atoms with Gasteiger partial charge in [0.1, 0.15) is 0 Å². The normalized spacial score (nSPS) is 19.7. The maximum atomic E-state index is 12.6. The number of benzene rings is 1. The summed E-state index contributed by atoms with van der Waals surface area (Å²) in [6.07, 6.45) is 0.612. The van der Waals surface area contributed by atoms with E-state index in [2.05, 4.69) is 38.2 Å². The molecule has 1 aliphatic rings. The molecule has 23 heavy (non-hydrogen) atoms. The molecule has 5 heteroatoms. The van der Waals surface area contributed by atoms with Crippen LogP contribution in [0.5, 0.6) is 0 Å². The van der Waals surface area contributed by atoms with E-state index in [9.17, 15) is 9.90 Å². The molecule has 5 nitrogen and oxygen atoms in total. The first-order valence-corrected chi connectivity index (χ1v) is 8.34. The number of hydrogen-bond donors (Lipinski definition) is 2. The highest BCUT2D eigenvalue weighted by molar-refractivity contribution is 5.75. The van der Waals surface area contributed by atoms with Crippen LogP contribution in [-0.2, 0) is 4.74 Å². The van der Waals surface area contributed by atoms with Gasteiger partial charge in [0.2, 0.25) is 0 Å². The van der Waals surface area contributed by atoms with Gasteiger partial charge in [-0.2, -0.15) is 0 Å². The zero-order valence-corrected chi connectivity index (χ0v) is 14.3. The Morgan fingerprint density at radius 2 is 2.17 bits per heavy atom. The summed E-state index contributed by atoms with van der Waals surface area (Å²) < 4.78 is 5.41. The van der Waals surface area contributed by atoms with E-state index < -0.39 is 0 Å². The predicted octanol–water partition coefficient (Wildman–Crippen LogP) is 2.48. The molecule has 1 aromatic carbocycles. The molecule has 2 atom stereocenters. The zero-order valence-electron chi connectivity index (χ0n) is 14.3. The molecular formula is C18H28N2O3. The summed E-state index contributed by atoms with van der Waals surface area (Å²) in [5.41, 5.74) is 2.36. The van der Waals surface area contributed by atoms with Crippen LogP contribution in [0.25, 0.3) is 0 Å². The Hall–Kier alpha value is -1.59. The summed E-state index contributed by atoms with van der Waals surface area (Å²) in [6, 6.07) is 8.10. The number of aliphatic hydroxyl groups is 1. The van der Waals surface area contributed by atoms with Crippen LogP contribution < -0.4 is 5.32 Å². The van der Waals surface area contributed by atoms with Gasteiger partial charge in [-0.05, 0) is 30.4 Å². The maximum Gasteiger partial charge on any atom is 0.318 e. The van der Waals surface area contributed by atoms with E-state index in [1.54, 1.807) is 4.90 Å². The Balaban J connectivity index is 2.08. The summed E-state index contributed by atoms with van der Waals surface area (Å²) >= 11 is 0. The van der Waals surface area contributed by atoms with Gasteiger partial charge in [-0.25, -0.2) is 4.79 Å². The van der Waals surface area contributed by atoms with Crippen LogP contribution in [0.1, 0.15) is 37.4 Å². The van der Waals surface area contributed by atoms with Gasteiger partial charge in [0.05, 0.1) is 31.9 Å². The van der Waals surface area contributed by atoms with E-state index in [1.165, 1.54) is 11.1 Å². The minimum atomic E-state index is -0.281. The number of rotatable bonds is 5. The molecule has 0 aromatic heterocycles. The SMILES string of the molecule is Cc1ccccc1[C@H](CC(C)C)NC(=O)N1CCO[C@@H](CO)C1. The number of hydrogen-bond acceptors (Lipinski definition) is 3. The van der Waals surface area contributed by atoms with Crippen molar-refractivity contribution in [1.82, 2.24) is 10.2 Å². The minimum Gasteiger partial charge on any atom is -0.394 e. The van der Waals surface area contributed by atoms with Gasteiger partial charge in [0.15, 0.2) is 0 Å². The van der Waals surface area contributed by atoms with Crippen molar-refractivity contribution in [3.8, 4) is 0 Å². The third-order valence-corrected chi connectivity index (χ3v) is 4.20. The number of aryl methyl sites for hydroxylation is 1. The number of aliphatic hydroxyl groups excluding tert-OH is 1. The van der Waals surface area contributed by atoms with Crippen LogP contribution in [0.2, 0.25) is 0 Å². The van der Waals surface area contributed by atoms with Crippen LogP contribution in [0.3, 0.4) is 0 Å². The maximum absolute atomic E-state index is 12.6. The molecule has 0 bridgehead atoms. The standard InChI is InChI=1S/C18H28N2O3/c1-13(2)10-17(16-7-5-4-6-14(16)3)19-18(22)20-8-9-23-15(11-20)12-21/h4-7,13,15,17,21H,8-12H2,1-3H3,(H,19,22)/t15-,17+/m1/s1. The van der Waals surface area contributed by atoms with E-state index in [-0.39, 0.29) is 24.8 Å². The molecule has 1 heterocycles. The van der Waals surface area contributed by atoms with Crippen molar-refractivity contribution in [2.75, 3.05) is 26.3 Å². The fourth-order valence-corrected chi connectivity index (χ4v) is 2.97. The second kappa shape index (κ2) is 8.31. The van der Waals surface area contributed by atoms with Gasteiger partial charge < -0.3 is 20.1 Å². The van der Waals surface area contributed by atoms with E-state index in [4.69, 9.17) is 4.74 Å². The fraction of sp³-hybridized carbons (Fsp3) is 0.611. The van der Waals surface area contributed by atoms with Crippen molar-refractivity contribution in [1.29, 1.82) is 0 Å². The molecule has 2 rings (SSSR count). The lowest BCUT2D eigenvalue weighted by molar-refractivity contribution is -0.0405. The van der Waals surface area contributed by atoms with Gasteiger partial charge in [-0.1, -0.05) is 38.1 Å². The first-order chi connectivity index (χ1) is 11.0. The molecule has 0 spiro atoms. The summed E-state index contributed by atoms with van der Waals surface area (Å²) in [5, 5.41) is 12.4. The van der Waals surface area contributed by atoms with Crippen molar-refractivity contribution < 1.29 is 14.6 Å². The molecule has 1 aliphatic heterocycles. The molecule has 1 fully saturated rings. The monoisotopic (exact) mass is 320 g/mol. The highest BCUT2D eigenvalue weighted by Gasteiger charge is 2.26. The van der Waals surface area contributed by atoms with Crippen LogP contribution >= 0.6 is 0 Å². The Labute approximate surface area is 138 Å². The molecular weight excluding hydrogens is 292 g/mol. The third kappa shape index (κ3) is 4.94. The first-order valence-electron chi connectivity index (χ1n) is 8.34. The Kier molecular flexibility index (Phi) is 6.42. The molecule has 1 saturated heterocycles. The van der Waals surface area contributed by atoms with Gasteiger partial charge in [0.25, 0.3) is 0 Å². The third-order valence-electron chi connectivity index (χ3n) is 4.20. The number of carbonyl (C=O) groups excluding carboxylic acids is 1. The van der Waals surface area contributed by atoms with Gasteiger partial charge >= 0.3 is 6.03 Å². The summed E-state index contributed by atoms with van der Waals surface area (Å²) in [4.78, 5) is 14.3. The topological polar surface area (TPSA) is 61.8 Å². The van der Waals surface area contributed by atoms with Gasteiger partial charge in [0, 0.05) is 6.54 Å². The van der Waals surface area contributed by atoms with E-state index >= 15 is 0 Å². The smallest absolute Gasteiger partial charge is 0.318 e. The second-order valence-electron chi connectivity index (χ2n) is 6.61. The number of nitrogens with one attached hydrogen (secondary N) is 1. The number of ether oxygens (including phenoxy) is 1.